The Morgan fingerprint density at radius 3 is 2.57 bits per heavy atom. The number of aromatic nitrogens is 2. The minimum absolute atomic E-state index is 0.396. The van der Waals surface area contributed by atoms with E-state index in [0.717, 1.165) is 105 Å². The van der Waals surface area contributed by atoms with E-state index in [9.17, 15) is 0 Å². The molecule has 37 heavy (non-hydrogen) atoms. The number of likely N-dealkylation sites (tertiary alicyclic amines) is 1. The van der Waals surface area contributed by atoms with Gasteiger partial charge < -0.3 is 29.7 Å². The zero-order valence-electron chi connectivity index (χ0n) is 23.7. The van der Waals surface area contributed by atoms with E-state index in [0.29, 0.717) is 12.1 Å². The van der Waals surface area contributed by atoms with Gasteiger partial charge in [-0.3, -0.25) is 0 Å². The van der Waals surface area contributed by atoms with Crippen molar-refractivity contribution < 1.29 is 4.74 Å². The molecule has 0 bridgehead atoms. The van der Waals surface area contributed by atoms with Crippen molar-refractivity contribution >= 4 is 22.7 Å². The predicted molar refractivity (Wildman–Crippen MR) is 154 cm³/mol. The van der Waals surface area contributed by atoms with Gasteiger partial charge in [0.05, 0.1) is 18.2 Å². The molecule has 1 aromatic carbocycles. The number of likely N-dealkylation sites (N-methyl/N-ethyl adjacent to an activating group) is 1. The van der Waals surface area contributed by atoms with Crippen molar-refractivity contribution in [3.05, 3.63) is 17.7 Å². The monoisotopic (exact) mass is 507 g/mol. The molecule has 2 aromatic rings. The summed E-state index contributed by atoms with van der Waals surface area (Å²) in [6.07, 6.45) is 4.14. The first-order valence-corrected chi connectivity index (χ1v) is 13.8. The third kappa shape index (κ3) is 7.25. The number of rotatable bonds is 7. The SMILES string of the molecule is COc1cc2c(NC3CCN(C(C)C)CC3)nc(N3CCCN(C)CC3)nc2cc1C#CCCN(C)C. The molecule has 0 unspecified atom stereocenters. The molecule has 0 spiro atoms. The second-order valence-corrected chi connectivity index (χ2v) is 11.0. The van der Waals surface area contributed by atoms with Gasteiger partial charge in [0.15, 0.2) is 0 Å². The largest absolute Gasteiger partial charge is 0.495 e. The molecule has 2 aliphatic heterocycles. The van der Waals surface area contributed by atoms with E-state index in [-0.39, 0.29) is 0 Å². The molecule has 202 valence electrons. The number of ether oxygens (including phenoxy) is 1. The molecule has 8 nitrogen and oxygen atoms in total. The molecule has 0 radical (unpaired) electrons. The summed E-state index contributed by atoms with van der Waals surface area (Å²) in [5, 5.41) is 4.81. The molecule has 0 saturated carbocycles. The average Bonchev–Trinajstić information content (AvgIpc) is 3.10. The molecule has 1 N–H and O–H groups in total. The number of fused-ring (bicyclic) bond motifs is 1. The maximum atomic E-state index is 5.77. The van der Waals surface area contributed by atoms with Crippen LogP contribution in [0.15, 0.2) is 12.1 Å². The van der Waals surface area contributed by atoms with Crippen molar-refractivity contribution in [3.8, 4) is 17.6 Å². The van der Waals surface area contributed by atoms with Crippen LogP contribution in [0.1, 0.15) is 45.1 Å². The highest BCUT2D eigenvalue weighted by Gasteiger charge is 2.24. The lowest BCUT2D eigenvalue weighted by Crippen LogP contribution is -2.42. The minimum Gasteiger partial charge on any atom is -0.495 e. The third-order valence-corrected chi connectivity index (χ3v) is 7.52. The van der Waals surface area contributed by atoms with E-state index in [2.05, 4.69) is 83.9 Å². The van der Waals surface area contributed by atoms with Crippen LogP contribution in [0.4, 0.5) is 11.8 Å². The predicted octanol–water partition coefficient (Wildman–Crippen LogP) is 3.37. The Balaban J connectivity index is 1.69. The summed E-state index contributed by atoms with van der Waals surface area (Å²) >= 11 is 0. The summed E-state index contributed by atoms with van der Waals surface area (Å²) in [6, 6.07) is 5.14. The van der Waals surface area contributed by atoms with Crippen molar-refractivity contribution in [3.63, 3.8) is 0 Å². The number of benzene rings is 1. The van der Waals surface area contributed by atoms with Crippen LogP contribution in [-0.2, 0) is 0 Å². The number of nitrogens with one attached hydrogen (secondary N) is 1. The zero-order chi connectivity index (χ0) is 26.4. The summed E-state index contributed by atoms with van der Waals surface area (Å²) in [5.74, 6) is 9.13. The highest BCUT2D eigenvalue weighted by Crippen LogP contribution is 2.32. The topological polar surface area (TPSA) is 60.0 Å². The van der Waals surface area contributed by atoms with E-state index in [1.165, 1.54) is 0 Å². The highest BCUT2D eigenvalue weighted by molar-refractivity contribution is 5.93. The van der Waals surface area contributed by atoms with E-state index in [1.54, 1.807) is 7.11 Å². The van der Waals surface area contributed by atoms with Crippen molar-refractivity contribution in [2.24, 2.45) is 0 Å². The first-order valence-electron chi connectivity index (χ1n) is 13.8. The van der Waals surface area contributed by atoms with Gasteiger partial charge in [0.1, 0.15) is 11.6 Å². The van der Waals surface area contributed by atoms with Gasteiger partial charge in [-0.15, -0.1) is 0 Å². The number of hydrogen-bond donors (Lipinski definition) is 1. The fourth-order valence-electron chi connectivity index (χ4n) is 5.10. The molecular weight excluding hydrogens is 462 g/mol. The normalized spacial score (nSPS) is 18.2. The standard InChI is InChI=1S/C29H45N7O/c1-22(2)35-16-11-24(12-17-35)30-28-25-21-27(37-6)23(10-7-8-13-33(3)4)20-26(25)31-29(32-28)36-15-9-14-34(5)18-19-36/h20-22,24H,8-9,11-19H2,1-6H3,(H,30,31,32). The Bertz CT molecular complexity index is 1100. The molecule has 1 aromatic heterocycles. The molecule has 3 heterocycles. The maximum Gasteiger partial charge on any atom is 0.227 e. The summed E-state index contributed by atoms with van der Waals surface area (Å²) < 4.78 is 5.77. The number of nitrogens with zero attached hydrogens (tertiary/aromatic N) is 6. The highest BCUT2D eigenvalue weighted by atomic mass is 16.5. The van der Waals surface area contributed by atoms with E-state index in [4.69, 9.17) is 14.7 Å². The molecule has 2 saturated heterocycles. The van der Waals surface area contributed by atoms with Crippen molar-refractivity contribution in [1.82, 2.24) is 24.7 Å². The lowest BCUT2D eigenvalue weighted by molar-refractivity contribution is 0.177. The van der Waals surface area contributed by atoms with Crippen LogP contribution in [0.5, 0.6) is 5.75 Å². The molecule has 0 atom stereocenters. The van der Waals surface area contributed by atoms with Crippen LogP contribution in [0.25, 0.3) is 10.9 Å². The van der Waals surface area contributed by atoms with Gasteiger partial charge in [0.25, 0.3) is 0 Å². The van der Waals surface area contributed by atoms with Crippen LogP contribution in [-0.4, -0.2) is 111 Å². The smallest absolute Gasteiger partial charge is 0.227 e. The Labute approximate surface area is 223 Å². The molecule has 2 fully saturated rings. The van der Waals surface area contributed by atoms with Crippen molar-refractivity contribution in [2.75, 3.05) is 84.3 Å². The van der Waals surface area contributed by atoms with Gasteiger partial charge in [-0.25, -0.2) is 4.98 Å². The van der Waals surface area contributed by atoms with E-state index >= 15 is 0 Å². The van der Waals surface area contributed by atoms with Crippen LogP contribution >= 0.6 is 0 Å². The maximum absolute atomic E-state index is 5.77. The molecule has 0 amide bonds. The summed E-state index contributed by atoms with van der Waals surface area (Å²) in [5.41, 5.74) is 1.80. The quantitative estimate of drug-likeness (QED) is 0.573. The Kier molecular flexibility index (Phi) is 9.47. The van der Waals surface area contributed by atoms with Gasteiger partial charge in [0.2, 0.25) is 5.95 Å². The second kappa shape index (κ2) is 12.8. The third-order valence-electron chi connectivity index (χ3n) is 7.52. The van der Waals surface area contributed by atoms with Gasteiger partial charge in [-0.05, 0) is 72.9 Å². The van der Waals surface area contributed by atoms with E-state index < -0.39 is 0 Å². The van der Waals surface area contributed by atoms with E-state index in [1.807, 2.05) is 0 Å². The zero-order valence-corrected chi connectivity index (χ0v) is 23.7. The van der Waals surface area contributed by atoms with Crippen molar-refractivity contribution in [1.29, 1.82) is 0 Å². The molecular formula is C29H45N7O. The Morgan fingerprint density at radius 2 is 1.86 bits per heavy atom. The van der Waals surface area contributed by atoms with Gasteiger partial charge in [-0.2, -0.15) is 4.98 Å². The van der Waals surface area contributed by atoms with Crippen molar-refractivity contribution in [2.45, 2.75) is 51.6 Å². The van der Waals surface area contributed by atoms with Crippen LogP contribution in [0.2, 0.25) is 0 Å². The Hall–Kier alpha value is -2.60. The molecule has 2 aliphatic rings. The first kappa shape index (κ1) is 27.4. The van der Waals surface area contributed by atoms with Gasteiger partial charge >= 0.3 is 0 Å². The lowest BCUT2D eigenvalue weighted by Gasteiger charge is -2.35. The number of anilines is 2. The lowest BCUT2D eigenvalue weighted by atomic mass is 10.0. The Morgan fingerprint density at radius 1 is 1.08 bits per heavy atom. The van der Waals surface area contributed by atoms with Crippen LogP contribution < -0.4 is 15.0 Å². The van der Waals surface area contributed by atoms with Gasteiger partial charge in [0, 0.05) is 63.2 Å². The number of methoxy groups -OCH3 is 1. The average molecular weight is 508 g/mol. The molecule has 0 aliphatic carbocycles. The second-order valence-electron chi connectivity index (χ2n) is 11.0. The van der Waals surface area contributed by atoms with Gasteiger partial charge in [-0.1, -0.05) is 11.8 Å². The minimum atomic E-state index is 0.396. The van der Waals surface area contributed by atoms with Crippen LogP contribution in [0.3, 0.4) is 0 Å². The number of hydrogen-bond acceptors (Lipinski definition) is 8. The first-order chi connectivity index (χ1) is 17.8. The van der Waals surface area contributed by atoms with Crippen LogP contribution in [0, 0.1) is 11.8 Å². The summed E-state index contributed by atoms with van der Waals surface area (Å²) in [4.78, 5) is 19.6. The summed E-state index contributed by atoms with van der Waals surface area (Å²) in [6.45, 7) is 11.7. The fraction of sp³-hybridized carbons (Fsp3) is 0.655. The fourth-order valence-corrected chi connectivity index (χ4v) is 5.10. The molecule has 4 rings (SSSR count). The summed E-state index contributed by atoms with van der Waals surface area (Å²) in [7, 11) is 8.04. The molecule has 8 heteroatoms. The number of piperidine rings is 1.